The second kappa shape index (κ2) is 4.71. The summed E-state index contributed by atoms with van der Waals surface area (Å²) in [6.07, 6.45) is 0. The van der Waals surface area contributed by atoms with Gasteiger partial charge in [-0.05, 0) is 10.8 Å². The highest BCUT2D eigenvalue weighted by molar-refractivity contribution is 8.77. The van der Waals surface area contributed by atoms with E-state index < -0.39 is 51.2 Å². The van der Waals surface area contributed by atoms with Crippen molar-refractivity contribution in [3.8, 4) is 0 Å². The Bertz CT molecular complexity index is 388. The van der Waals surface area contributed by atoms with Crippen molar-refractivity contribution in [2.45, 2.75) is 41.5 Å². The molecule has 0 aromatic carbocycles. The van der Waals surface area contributed by atoms with Gasteiger partial charge in [0.1, 0.15) is 0 Å². The molecule has 0 aliphatic heterocycles. The maximum atomic E-state index is 13.8. The Morgan fingerprint density at radius 3 is 1.14 bits per heavy atom. The molecule has 21 heavy (non-hydrogen) atoms. The molecule has 13 heteroatoms. The monoisotopic (exact) mass is 374 g/mol. The lowest BCUT2D eigenvalue weighted by Gasteiger charge is -2.51. The molecule has 0 N–H and O–H groups in total. The molecule has 1 aliphatic rings. The molecule has 0 bridgehead atoms. The number of hydrogen-bond acceptors (Lipinski definition) is 2. The standard InChI is InChI=1S/C8H5F11S2/c1-2-20-21-8(19)6(15,16)4(11,12)3(9,10)5(13,14)7(8,17)18/h2H2,1H3. The lowest BCUT2D eigenvalue weighted by Crippen LogP contribution is -2.82. The first-order valence-corrected chi connectivity index (χ1v) is 7.26. The van der Waals surface area contributed by atoms with E-state index in [0.29, 0.717) is 0 Å². The second-order valence-electron chi connectivity index (χ2n) is 3.96. The van der Waals surface area contributed by atoms with Gasteiger partial charge >= 0.3 is 34.6 Å². The van der Waals surface area contributed by atoms with Gasteiger partial charge in [-0.3, -0.25) is 0 Å². The smallest absolute Gasteiger partial charge is 0.217 e. The summed E-state index contributed by atoms with van der Waals surface area (Å²) in [7, 11) is -1.53. The van der Waals surface area contributed by atoms with Gasteiger partial charge in [0.05, 0.1) is 0 Å². The van der Waals surface area contributed by atoms with Gasteiger partial charge in [-0.1, -0.05) is 17.7 Å². The van der Waals surface area contributed by atoms with Crippen molar-refractivity contribution < 1.29 is 48.3 Å². The fraction of sp³-hybridized carbons (Fsp3) is 1.00. The first-order chi connectivity index (χ1) is 9.06. The molecule has 0 aromatic heterocycles. The summed E-state index contributed by atoms with van der Waals surface area (Å²) in [5.74, 6) is -35.0. The quantitative estimate of drug-likeness (QED) is 0.489. The molecule has 1 fully saturated rings. The molecular weight excluding hydrogens is 369 g/mol. The molecular formula is C8H5F11S2. The Morgan fingerprint density at radius 1 is 0.571 bits per heavy atom. The Balaban J connectivity index is 3.66. The second-order valence-corrected chi connectivity index (χ2v) is 6.71. The minimum atomic E-state index is -7.14. The third-order valence-electron chi connectivity index (χ3n) is 2.68. The largest absolute Gasteiger partial charge is 0.384 e. The molecule has 0 atom stereocenters. The van der Waals surface area contributed by atoms with Crippen molar-refractivity contribution >= 4 is 21.6 Å². The van der Waals surface area contributed by atoms with Crippen LogP contribution in [-0.4, -0.2) is 40.4 Å². The van der Waals surface area contributed by atoms with Crippen molar-refractivity contribution in [1.29, 1.82) is 0 Å². The zero-order valence-corrected chi connectivity index (χ0v) is 11.3. The van der Waals surface area contributed by atoms with Crippen LogP contribution < -0.4 is 0 Å². The van der Waals surface area contributed by atoms with Gasteiger partial charge in [-0.15, -0.1) is 0 Å². The minimum Gasteiger partial charge on any atom is -0.217 e. The summed E-state index contributed by atoms with van der Waals surface area (Å²) < 4.78 is 144. The van der Waals surface area contributed by atoms with Crippen LogP contribution in [0.1, 0.15) is 6.92 Å². The maximum Gasteiger partial charge on any atom is 0.384 e. The summed E-state index contributed by atoms with van der Waals surface area (Å²) in [5, 5.41) is -5.92. The van der Waals surface area contributed by atoms with E-state index in [-0.39, 0.29) is 10.8 Å². The van der Waals surface area contributed by atoms with Gasteiger partial charge in [-0.25, -0.2) is 4.39 Å². The number of halogens is 11. The van der Waals surface area contributed by atoms with Crippen LogP contribution in [0.2, 0.25) is 0 Å². The van der Waals surface area contributed by atoms with Gasteiger partial charge in [0.15, 0.2) is 0 Å². The zero-order chi connectivity index (χ0) is 17.1. The van der Waals surface area contributed by atoms with Gasteiger partial charge in [0, 0.05) is 5.75 Å². The Labute approximate surface area is 118 Å². The molecule has 1 rings (SSSR count). The molecule has 0 heterocycles. The van der Waals surface area contributed by atoms with E-state index >= 15 is 0 Å². The Hall–Kier alpha value is -0.0700. The first-order valence-electron chi connectivity index (χ1n) is 4.95. The van der Waals surface area contributed by atoms with Crippen LogP contribution in [0, 0.1) is 0 Å². The van der Waals surface area contributed by atoms with E-state index in [1.165, 1.54) is 0 Å². The topological polar surface area (TPSA) is 0 Å². The molecule has 0 saturated heterocycles. The van der Waals surface area contributed by atoms with Gasteiger partial charge in [0.2, 0.25) is 0 Å². The van der Waals surface area contributed by atoms with E-state index in [1.54, 1.807) is 0 Å². The van der Waals surface area contributed by atoms with Crippen LogP contribution in [0.5, 0.6) is 0 Å². The van der Waals surface area contributed by atoms with E-state index in [0.717, 1.165) is 6.92 Å². The highest BCUT2D eigenvalue weighted by Crippen LogP contribution is 2.73. The average Bonchev–Trinajstić information content (AvgIpc) is 2.33. The van der Waals surface area contributed by atoms with Crippen molar-refractivity contribution in [2.75, 3.05) is 5.75 Å². The highest BCUT2D eigenvalue weighted by Gasteiger charge is 3.01. The van der Waals surface area contributed by atoms with Gasteiger partial charge < -0.3 is 0 Å². The number of alkyl halides is 11. The van der Waals surface area contributed by atoms with Crippen molar-refractivity contribution in [3.63, 3.8) is 0 Å². The molecule has 0 amide bonds. The number of rotatable bonds is 3. The summed E-state index contributed by atoms with van der Waals surface area (Å²) in [4.78, 5) is 0. The summed E-state index contributed by atoms with van der Waals surface area (Å²) in [5.41, 5.74) is 0. The van der Waals surface area contributed by atoms with E-state index in [4.69, 9.17) is 0 Å². The molecule has 1 saturated carbocycles. The minimum absolute atomic E-state index is 0.210. The molecule has 1 aliphatic carbocycles. The van der Waals surface area contributed by atoms with Crippen LogP contribution in [-0.2, 0) is 0 Å². The van der Waals surface area contributed by atoms with Crippen molar-refractivity contribution in [1.82, 2.24) is 0 Å². The average molecular weight is 374 g/mol. The maximum absolute atomic E-state index is 13.8. The third-order valence-corrected chi connectivity index (χ3v) is 5.52. The molecule has 0 spiro atoms. The third kappa shape index (κ3) is 1.84. The highest BCUT2D eigenvalue weighted by atomic mass is 33.1. The van der Waals surface area contributed by atoms with E-state index in [1.807, 2.05) is 0 Å². The van der Waals surface area contributed by atoms with Crippen LogP contribution in [0.3, 0.4) is 0 Å². The SMILES string of the molecule is CCSSC1(F)C(F)(F)C(F)(F)C(F)(F)C(F)(F)C1(F)F. The van der Waals surface area contributed by atoms with E-state index in [9.17, 15) is 48.3 Å². The molecule has 0 nitrogen and oxygen atoms in total. The molecule has 0 aromatic rings. The summed E-state index contributed by atoms with van der Waals surface area (Å²) in [6.45, 7) is 1.09. The predicted molar refractivity (Wildman–Crippen MR) is 54.3 cm³/mol. The van der Waals surface area contributed by atoms with Gasteiger partial charge in [0.25, 0.3) is 0 Å². The van der Waals surface area contributed by atoms with E-state index in [2.05, 4.69) is 0 Å². The summed E-state index contributed by atoms with van der Waals surface area (Å²) >= 11 is 0. The molecule has 0 radical (unpaired) electrons. The fourth-order valence-electron chi connectivity index (χ4n) is 1.44. The Morgan fingerprint density at radius 2 is 0.857 bits per heavy atom. The lowest BCUT2D eigenvalue weighted by molar-refractivity contribution is -0.468. The number of hydrogen-bond donors (Lipinski definition) is 0. The van der Waals surface area contributed by atoms with Crippen LogP contribution in [0.15, 0.2) is 0 Å². The van der Waals surface area contributed by atoms with Gasteiger partial charge in [-0.2, -0.15) is 43.9 Å². The fourth-order valence-corrected chi connectivity index (χ4v) is 3.65. The normalized spacial score (nSPS) is 30.9. The van der Waals surface area contributed by atoms with Crippen molar-refractivity contribution in [3.05, 3.63) is 0 Å². The molecule has 0 unspecified atom stereocenters. The first kappa shape index (κ1) is 19.0. The van der Waals surface area contributed by atoms with Crippen LogP contribution in [0.4, 0.5) is 48.3 Å². The lowest BCUT2D eigenvalue weighted by atomic mass is 9.81. The Kier molecular flexibility index (Phi) is 4.26. The molecule has 126 valence electrons. The van der Waals surface area contributed by atoms with Crippen LogP contribution >= 0.6 is 21.6 Å². The predicted octanol–water partition coefficient (Wildman–Crippen LogP) is 5.24. The summed E-state index contributed by atoms with van der Waals surface area (Å²) in [6, 6.07) is 0. The van der Waals surface area contributed by atoms with Crippen LogP contribution in [0.25, 0.3) is 0 Å². The zero-order valence-electron chi connectivity index (χ0n) is 9.68. The van der Waals surface area contributed by atoms with Crippen molar-refractivity contribution in [2.24, 2.45) is 0 Å².